The quantitative estimate of drug-likeness (QED) is 0.568. The molecule has 3 unspecified atom stereocenters. The van der Waals surface area contributed by atoms with Crippen LogP contribution in [0.4, 0.5) is 0 Å². The van der Waals surface area contributed by atoms with E-state index in [0.717, 1.165) is 38.5 Å². The molecule has 3 aliphatic carbocycles. The van der Waals surface area contributed by atoms with Gasteiger partial charge in [0, 0.05) is 0 Å². The van der Waals surface area contributed by atoms with Gasteiger partial charge in [0.05, 0.1) is 12.7 Å². The van der Waals surface area contributed by atoms with Gasteiger partial charge in [0.2, 0.25) is 0 Å². The highest BCUT2D eigenvalue weighted by atomic mass is 16.5. The van der Waals surface area contributed by atoms with Crippen LogP contribution in [0.25, 0.3) is 0 Å². The summed E-state index contributed by atoms with van der Waals surface area (Å²) in [6.07, 6.45) is 6.26. The van der Waals surface area contributed by atoms with Gasteiger partial charge in [-0.25, -0.2) is 4.79 Å². The molecule has 142 valence electrons. The van der Waals surface area contributed by atoms with E-state index in [1.54, 1.807) is 0 Å². The molecule has 1 aromatic carbocycles. The largest absolute Gasteiger partial charge is 0.425 e. The molecular weight excluding hydrogens is 330 g/mol. The Balaban J connectivity index is 1.55. The lowest BCUT2D eigenvalue weighted by Gasteiger charge is -2.50. The topological polar surface area (TPSA) is 92.8 Å². The lowest BCUT2D eigenvalue weighted by atomic mass is 9.55. The first-order chi connectivity index (χ1) is 12.4. The van der Waals surface area contributed by atoms with Crippen molar-refractivity contribution in [2.24, 2.45) is 23.0 Å². The average molecular weight is 359 g/mol. The van der Waals surface area contributed by atoms with Gasteiger partial charge in [-0.3, -0.25) is 0 Å². The van der Waals surface area contributed by atoms with Crippen LogP contribution in [0.1, 0.15) is 56.1 Å². The van der Waals surface area contributed by atoms with Crippen molar-refractivity contribution in [3.8, 4) is 5.75 Å². The summed E-state index contributed by atoms with van der Waals surface area (Å²) < 4.78 is 5.31. The Labute approximate surface area is 154 Å². The lowest BCUT2D eigenvalue weighted by Crippen LogP contribution is -2.43. The van der Waals surface area contributed by atoms with Gasteiger partial charge < -0.3 is 20.7 Å². The molecule has 1 aromatic rings. The molecule has 6 atom stereocenters. The Morgan fingerprint density at radius 3 is 2.92 bits per heavy atom. The van der Waals surface area contributed by atoms with Crippen molar-refractivity contribution in [2.45, 2.75) is 63.5 Å². The van der Waals surface area contributed by atoms with Crippen molar-refractivity contribution >= 4 is 5.97 Å². The monoisotopic (exact) mass is 359 g/mol. The minimum atomic E-state index is -1.000. The molecule has 5 heteroatoms. The molecule has 0 spiro atoms. The molecule has 4 rings (SSSR count). The van der Waals surface area contributed by atoms with Crippen LogP contribution in [0.15, 0.2) is 18.2 Å². The third kappa shape index (κ3) is 2.77. The highest BCUT2D eigenvalue weighted by molar-refractivity contribution is 5.78. The highest BCUT2D eigenvalue weighted by Crippen LogP contribution is 2.60. The summed E-state index contributed by atoms with van der Waals surface area (Å²) in [7, 11) is 0. The van der Waals surface area contributed by atoms with Gasteiger partial charge in [-0.1, -0.05) is 13.0 Å². The van der Waals surface area contributed by atoms with Crippen LogP contribution in [0.5, 0.6) is 5.75 Å². The Hall–Kier alpha value is -1.43. The normalized spacial score (nSPS) is 36.6. The Morgan fingerprint density at radius 2 is 2.15 bits per heavy atom. The molecule has 2 saturated carbocycles. The minimum Gasteiger partial charge on any atom is -0.425 e. The lowest BCUT2D eigenvalue weighted by molar-refractivity contribution is -0.136. The summed E-state index contributed by atoms with van der Waals surface area (Å²) in [6, 6.07) is 4.92. The van der Waals surface area contributed by atoms with Crippen LogP contribution >= 0.6 is 0 Å². The van der Waals surface area contributed by atoms with Crippen LogP contribution in [-0.2, 0) is 11.2 Å². The number of carbonyl (C=O) groups is 1. The molecule has 0 saturated heterocycles. The zero-order chi connectivity index (χ0) is 18.5. The van der Waals surface area contributed by atoms with Gasteiger partial charge in [-0.05, 0) is 85.0 Å². The SMILES string of the molecule is C[C@]12CCC3c4ccc(OC(=O)[C@@H](N)CO)cc4CCC3C1CC[C@@H]2O. The number of nitrogens with two attached hydrogens (primary N) is 1. The molecule has 2 fully saturated rings. The van der Waals surface area contributed by atoms with E-state index in [2.05, 4.69) is 13.0 Å². The van der Waals surface area contributed by atoms with E-state index in [9.17, 15) is 9.90 Å². The van der Waals surface area contributed by atoms with Crippen LogP contribution in [0.2, 0.25) is 0 Å². The number of benzene rings is 1. The molecular formula is C21H29NO4. The van der Waals surface area contributed by atoms with E-state index in [1.165, 1.54) is 11.1 Å². The number of hydrogen-bond acceptors (Lipinski definition) is 5. The van der Waals surface area contributed by atoms with Crippen LogP contribution in [0.3, 0.4) is 0 Å². The summed E-state index contributed by atoms with van der Waals surface area (Å²) in [4.78, 5) is 11.8. The molecule has 0 heterocycles. The van der Waals surface area contributed by atoms with Gasteiger partial charge in [0.25, 0.3) is 0 Å². The van der Waals surface area contributed by atoms with Gasteiger partial charge in [0.15, 0.2) is 0 Å². The zero-order valence-corrected chi connectivity index (χ0v) is 15.4. The maximum Gasteiger partial charge on any atom is 0.330 e. The number of aliphatic hydroxyl groups excluding tert-OH is 2. The van der Waals surface area contributed by atoms with Crippen LogP contribution in [0, 0.1) is 17.3 Å². The summed E-state index contributed by atoms with van der Waals surface area (Å²) >= 11 is 0. The second kappa shape index (κ2) is 6.63. The number of rotatable bonds is 3. The highest BCUT2D eigenvalue weighted by Gasteiger charge is 2.54. The first-order valence-corrected chi connectivity index (χ1v) is 9.83. The predicted octanol–water partition coefficient (Wildman–Crippen LogP) is 2.13. The maximum absolute atomic E-state index is 11.8. The van der Waals surface area contributed by atoms with Crippen molar-refractivity contribution in [1.82, 2.24) is 0 Å². The fourth-order valence-electron chi connectivity index (χ4n) is 5.86. The smallest absolute Gasteiger partial charge is 0.330 e. The first-order valence-electron chi connectivity index (χ1n) is 9.83. The Kier molecular flexibility index (Phi) is 4.58. The number of aryl methyl sites for hydroxylation is 1. The van der Waals surface area contributed by atoms with E-state index in [-0.39, 0.29) is 11.5 Å². The number of carbonyl (C=O) groups excluding carboxylic acids is 1. The third-order valence-electron chi connectivity index (χ3n) is 7.37. The van der Waals surface area contributed by atoms with Gasteiger partial charge in [-0.2, -0.15) is 0 Å². The Bertz CT molecular complexity index is 705. The third-order valence-corrected chi connectivity index (χ3v) is 7.37. The predicted molar refractivity (Wildman–Crippen MR) is 97.8 cm³/mol. The molecule has 0 bridgehead atoms. The second-order valence-corrected chi connectivity index (χ2v) is 8.62. The van der Waals surface area contributed by atoms with Gasteiger partial charge in [0.1, 0.15) is 11.8 Å². The molecule has 0 aliphatic heterocycles. The van der Waals surface area contributed by atoms with Crippen molar-refractivity contribution in [1.29, 1.82) is 0 Å². The number of hydrogen-bond donors (Lipinski definition) is 3. The number of esters is 1. The number of aliphatic hydroxyl groups is 2. The fourth-order valence-corrected chi connectivity index (χ4v) is 5.86. The molecule has 3 aliphatic rings. The van der Waals surface area contributed by atoms with Crippen LogP contribution in [-0.4, -0.2) is 34.9 Å². The van der Waals surface area contributed by atoms with Crippen LogP contribution < -0.4 is 10.5 Å². The second-order valence-electron chi connectivity index (χ2n) is 8.62. The summed E-state index contributed by atoms with van der Waals surface area (Å²) in [5.41, 5.74) is 8.26. The minimum absolute atomic E-state index is 0.0918. The van der Waals surface area contributed by atoms with E-state index in [0.29, 0.717) is 23.5 Å². The van der Waals surface area contributed by atoms with Crippen molar-refractivity contribution in [2.75, 3.05) is 6.61 Å². The van der Waals surface area contributed by atoms with E-state index >= 15 is 0 Å². The summed E-state index contributed by atoms with van der Waals surface area (Å²) in [5.74, 6) is 1.72. The number of fused-ring (bicyclic) bond motifs is 5. The number of ether oxygens (including phenoxy) is 1. The maximum atomic E-state index is 11.8. The molecule has 26 heavy (non-hydrogen) atoms. The molecule has 0 amide bonds. The Morgan fingerprint density at radius 1 is 1.35 bits per heavy atom. The standard InChI is InChI=1S/C21H29NO4/c1-21-9-8-15-14-5-3-13(26-20(25)18(22)11-23)10-12(14)2-4-16(15)17(21)6-7-19(21)24/h3,5,10,15-19,23-24H,2,4,6-9,11,22H2,1H3/t15?,16?,17?,18-,19-,21-/m0/s1. The summed E-state index contributed by atoms with van der Waals surface area (Å²) in [5, 5.41) is 19.5. The zero-order valence-electron chi connectivity index (χ0n) is 15.4. The van der Waals surface area contributed by atoms with Gasteiger partial charge >= 0.3 is 5.97 Å². The molecule has 0 aromatic heterocycles. The fraction of sp³-hybridized carbons (Fsp3) is 0.667. The van der Waals surface area contributed by atoms with E-state index in [4.69, 9.17) is 15.6 Å². The average Bonchev–Trinajstić information content (AvgIpc) is 2.95. The van der Waals surface area contributed by atoms with Crippen molar-refractivity contribution in [3.63, 3.8) is 0 Å². The van der Waals surface area contributed by atoms with Gasteiger partial charge in [-0.15, -0.1) is 0 Å². The van der Waals surface area contributed by atoms with Crippen molar-refractivity contribution in [3.05, 3.63) is 29.3 Å². The molecule has 5 nitrogen and oxygen atoms in total. The first kappa shape index (κ1) is 18.0. The van der Waals surface area contributed by atoms with E-state index < -0.39 is 18.6 Å². The summed E-state index contributed by atoms with van der Waals surface area (Å²) in [6.45, 7) is 1.87. The molecule has 4 N–H and O–H groups in total. The van der Waals surface area contributed by atoms with Crippen molar-refractivity contribution < 1.29 is 19.7 Å². The molecule has 0 radical (unpaired) electrons. The van der Waals surface area contributed by atoms with E-state index in [1.807, 2.05) is 12.1 Å².